The summed E-state index contributed by atoms with van der Waals surface area (Å²) < 4.78 is 5.24. The summed E-state index contributed by atoms with van der Waals surface area (Å²) in [5.74, 6) is 0.589. The molecular weight excluding hydrogens is 418 g/mol. The number of hydrogen-bond acceptors (Lipinski definition) is 5. The fourth-order valence-corrected chi connectivity index (χ4v) is 5.01. The molecule has 2 N–H and O–H groups in total. The second-order valence-corrected chi connectivity index (χ2v) is 9.17. The maximum absolute atomic E-state index is 13.1. The summed E-state index contributed by atoms with van der Waals surface area (Å²) in [4.78, 5) is 30.1. The Kier molecular flexibility index (Phi) is 7.00. The number of aliphatic hydroxyl groups excluding tert-OH is 1. The highest BCUT2D eigenvalue weighted by Gasteiger charge is 2.41. The first-order valence-corrected chi connectivity index (χ1v) is 11.6. The molecule has 33 heavy (non-hydrogen) atoms. The normalized spacial score (nSPS) is 21.8. The van der Waals surface area contributed by atoms with Gasteiger partial charge in [0.05, 0.1) is 19.3 Å². The Morgan fingerprint density at radius 3 is 2.55 bits per heavy atom. The Hall–Kier alpha value is -2.90. The Morgan fingerprint density at radius 2 is 1.85 bits per heavy atom. The van der Waals surface area contributed by atoms with Gasteiger partial charge in [0, 0.05) is 36.9 Å². The topological polar surface area (TPSA) is 82.1 Å². The van der Waals surface area contributed by atoms with Gasteiger partial charge >= 0.3 is 0 Å². The molecule has 176 valence electrons. The summed E-state index contributed by atoms with van der Waals surface area (Å²) >= 11 is 0. The zero-order valence-electron chi connectivity index (χ0n) is 19.6. The molecule has 0 spiro atoms. The summed E-state index contributed by atoms with van der Waals surface area (Å²) in [6, 6.07) is 13.0. The molecule has 0 unspecified atom stereocenters. The number of carbonyl (C=O) groups is 2. The Balaban J connectivity index is 1.39. The molecule has 2 aliphatic heterocycles. The minimum atomic E-state index is -0.517. The summed E-state index contributed by atoms with van der Waals surface area (Å²) in [5, 5.41) is 13.4. The van der Waals surface area contributed by atoms with Crippen molar-refractivity contribution in [3.8, 4) is 5.75 Å². The van der Waals surface area contributed by atoms with Gasteiger partial charge in [0.15, 0.2) is 0 Å². The van der Waals surface area contributed by atoms with Crippen LogP contribution in [-0.4, -0.2) is 71.7 Å². The van der Waals surface area contributed by atoms with E-state index in [1.54, 1.807) is 19.2 Å². The van der Waals surface area contributed by atoms with Gasteiger partial charge in [-0.2, -0.15) is 0 Å². The van der Waals surface area contributed by atoms with E-state index in [4.69, 9.17) is 4.74 Å². The predicted octanol–water partition coefficient (Wildman–Crippen LogP) is 2.99. The number of likely N-dealkylation sites (tertiary alicyclic amines) is 2. The zero-order valence-corrected chi connectivity index (χ0v) is 19.6. The van der Waals surface area contributed by atoms with Gasteiger partial charge in [0.1, 0.15) is 5.75 Å². The van der Waals surface area contributed by atoms with Crippen LogP contribution in [0.2, 0.25) is 0 Å². The van der Waals surface area contributed by atoms with Gasteiger partial charge in [-0.15, -0.1) is 0 Å². The van der Waals surface area contributed by atoms with Crippen molar-refractivity contribution in [1.29, 1.82) is 0 Å². The van der Waals surface area contributed by atoms with Gasteiger partial charge in [-0.3, -0.25) is 14.5 Å². The number of methoxy groups -OCH3 is 1. The molecule has 2 saturated heterocycles. The molecule has 2 heterocycles. The van der Waals surface area contributed by atoms with Crippen LogP contribution in [0, 0.1) is 13.8 Å². The van der Waals surface area contributed by atoms with Crippen LogP contribution in [0.25, 0.3) is 0 Å². The third-order valence-corrected chi connectivity index (χ3v) is 6.80. The molecule has 0 bridgehead atoms. The van der Waals surface area contributed by atoms with Gasteiger partial charge in [0.2, 0.25) is 5.91 Å². The van der Waals surface area contributed by atoms with Crippen LogP contribution in [0.5, 0.6) is 5.75 Å². The lowest BCUT2D eigenvalue weighted by Gasteiger charge is -2.39. The van der Waals surface area contributed by atoms with E-state index < -0.39 is 6.10 Å². The molecule has 2 fully saturated rings. The van der Waals surface area contributed by atoms with Crippen LogP contribution in [0.3, 0.4) is 0 Å². The third-order valence-electron chi connectivity index (χ3n) is 6.80. The molecule has 2 atom stereocenters. The average Bonchev–Trinajstić information content (AvgIpc) is 3.22. The van der Waals surface area contributed by atoms with Crippen molar-refractivity contribution < 1.29 is 19.4 Å². The van der Waals surface area contributed by atoms with E-state index in [0.717, 1.165) is 29.7 Å². The van der Waals surface area contributed by atoms with Crippen LogP contribution < -0.4 is 10.1 Å². The molecule has 2 aromatic rings. The number of ether oxygens (including phenoxy) is 1. The maximum atomic E-state index is 13.1. The average molecular weight is 452 g/mol. The number of carbonyl (C=O) groups excluding carboxylic acids is 2. The van der Waals surface area contributed by atoms with Gasteiger partial charge < -0.3 is 20.1 Å². The van der Waals surface area contributed by atoms with E-state index in [1.165, 1.54) is 0 Å². The van der Waals surface area contributed by atoms with Gasteiger partial charge in [0.25, 0.3) is 5.91 Å². The molecule has 4 rings (SSSR count). The number of aliphatic hydroxyl groups is 1. The van der Waals surface area contributed by atoms with E-state index in [-0.39, 0.29) is 23.9 Å². The molecule has 7 nitrogen and oxygen atoms in total. The highest BCUT2D eigenvalue weighted by molar-refractivity contribution is 5.96. The van der Waals surface area contributed by atoms with Crippen molar-refractivity contribution in [2.24, 2.45) is 0 Å². The number of β-amino-alcohol motifs (C(OH)–C–C–N with tert-alkyl or cyclic N) is 1. The molecule has 2 aliphatic rings. The molecule has 0 aliphatic carbocycles. The highest BCUT2D eigenvalue weighted by Crippen LogP contribution is 2.28. The van der Waals surface area contributed by atoms with Crippen molar-refractivity contribution >= 4 is 17.5 Å². The standard InChI is InChI=1S/C26H33N3O4/c1-17-7-8-23(18(2)13-17)27-25(31)24-15-21(30)16-29(24)20-9-11-28(12-10-20)26(32)19-5-4-6-22(14-19)33-3/h4-8,13-14,20-21,24,30H,9-12,15-16H2,1-3H3,(H,27,31)/t21-,24+/m1/s1. The first kappa shape index (κ1) is 23.3. The molecule has 2 amide bonds. The van der Waals surface area contributed by atoms with Crippen molar-refractivity contribution in [3.05, 3.63) is 59.2 Å². The predicted molar refractivity (Wildman–Crippen MR) is 128 cm³/mol. The number of amides is 2. The Bertz CT molecular complexity index is 1020. The fraction of sp³-hybridized carbons (Fsp3) is 0.462. The number of hydrogen-bond donors (Lipinski definition) is 2. The van der Waals surface area contributed by atoms with Gasteiger partial charge in [-0.05, 0) is 62.9 Å². The van der Waals surface area contributed by atoms with Crippen LogP contribution >= 0.6 is 0 Å². The summed E-state index contributed by atoms with van der Waals surface area (Å²) in [6.07, 6.45) is 1.46. The van der Waals surface area contributed by atoms with Crippen LogP contribution in [0.1, 0.15) is 40.7 Å². The molecule has 0 aromatic heterocycles. The van der Waals surface area contributed by atoms with Crippen LogP contribution in [-0.2, 0) is 4.79 Å². The lowest BCUT2D eigenvalue weighted by molar-refractivity contribution is -0.121. The van der Waals surface area contributed by atoms with Crippen molar-refractivity contribution in [1.82, 2.24) is 9.80 Å². The third kappa shape index (κ3) is 5.20. The van der Waals surface area contributed by atoms with E-state index >= 15 is 0 Å². The van der Waals surface area contributed by atoms with Crippen molar-refractivity contribution in [2.45, 2.75) is 51.3 Å². The second-order valence-electron chi connectivity index (χ2n) is 9.17. The van der Waals surface area contributed by atoms with E-state index in [0.29, 0.717) is 37.4 Å². The first-order chi connectivity index (χ1) is 15.9. The van der Waals surface area contributed by atoms with Crippen molar-refractivity contribution in [3.63, 3.8) is 0 Å². The highest BCUT2D eigenvalue weighted by atomic mass is 16.5. The van der Waals surface area contributed by atoms with Gasteiger partial charge in [-0.1, -0.05) is 23.8 Å². The molecule has 0 radical (unpaired) electrons. The quantitative estimate of drug-likeness (QED) is 0.730. The lowest BCUT2D eigenvalue weighted by atomic mass is 10.0. The minimum Gasteiger partial charge on any atom is -0.497 e. The molecule has 7 heteroatoms. The Morgan fingerprint density at radius 1 is 1.09 bits per heavy atom. The van der Waals surface area contributed by atoms with E-state index in [1.807, 2.05) is 49.1 Å². The van der Waals surface area contributed by atoms with Crippen LogP contribution in [0.15, 0.2) is 42.5 Å². The van der Waals surface area contributed by atoms with Gasteiger partial charge in [-0.25, -0.2) is 0 Å². The summed E-state index contributed by atoms with van der Waals surface area (Å²) in [6.45, 7) is 5.74. The minimum absolute atomic E-state index is 0.00190. The summed E-state index contributed by atoms with van der Waals surface area (Å²) in [7, 11) is 1.59. The first-order valence-electron chi connectivity index (χ1n) is 11.6. The second kappa shape index (κ2) is 9.93. The summed E-state index contributed by atoms with van der Waals surface area (Å²) in [5.41, 5.74) is 3.61. The van der Waals surface area contributed by atoms with E-state index in [2.05, 4.69) is 10.2 Å². The van der Waals surface area contributed by atoms with E-state index in [9.17, 15) is 14.7 Å². The molecular formula is C26H33N3O4. The number of piperidine rings is 1. The maximum Gasteiger partial charge on any atom is 0.253 e. The monoisotopic (exact) mass is 451 g/mol. The lowest BCUT2D eigenvalue weighted by Crippen LogP contribution is -2.51. The largest absolute Gasteiger partial charge is 0.497 e. The van der Waals surface area contributed by atoms with Crippen LogP contribution in [0.4, 0.5) is 5.69 Å². The number of nitrogens with zero attached hydrogens (tertiary/aromatic N) is 2. The van der Waals surface area contributed by atoms with Crippen molar-refractivity contribution in [2.75, 3.05) is 32.1 Å². The fourth-order valence-electron chi connectivity index (χ4n) is 5.01. The zero-order chi connectivity index (χ0) is 23.5. The Labute approximate surface area is 195 Å². The number of aryl methyl sites for hydroxylation is 2. The SMILES string of the molecule is COc1cccc(C(=O)N2CCC(N3C[C@H](O)C[C@H]3C(=O)Nc3ccc(C)cc3C)CC2)c1. The number of rotatable bonds is 5. The molecule has 0 saturated carbocycles. The number of benzene rings is 2. The number of nitrogens with one attached hydrogen (secondary N) is 1. The smallest absolute Gasteiger partial charge is 0.253 e. The molecule has 2 aromatic carbocycles. The number of anilines is 1.